The Balaban J connectivity index is 1.79. The number of methoxy groups -OCH3 is 2. The van der Waals surface area contributed by atoms with Crippen LogP contribution in [0.2, 0.25) is 0 Å². The fourth-order valence-corrected chi connectivity index (χ4v) is 8.88. The highest BCUT2D eigenvalue weighted by molar-refractivity contribution is 5.91. The summed E-state index contributed by atoms with van der Waals surface area (Å²) in [6, 6.07) is 14.4. The van der Waals surface area contributed by atoms with Crippen LogP contribution in [-0.2, 0) is 46.4 Å². The Morgan fingerprint density at radius 2 is 1.45 bits per heavy atom. The van der Waals surface area contributed by atoms with Gasteiger partial charge in [-0.05, 0) is 68.0 Å². The van der Waals surface area contributed by atoms with Crippen LogP contribution in [0.4, 0.5) is 5.69 Å². The van der Waals surface area contributed by atoms with E-state index in [2.05, 4.69) is 21.3 Å². The summed E-state index contributed by atoms with van der Waals surface area (Å²) in [5, 5.41) is 12.1. The lowest BCUT2D eigenvalue weighted by Crippen LogP contribution is -2.59. The molecule has 3 rings (SSSR count). The van der Waals surface area contributed by atoms with Crippen LogP contribution in [0.5, 0.6) is 0 Å². The van der Waals surface area contributed by atoms with E-state index in [0.29, 0.717) is 25.9 Å². The van der Waals surface area contributed by atoms with Gasteiger partial charge in [0.05, 0.1) is 42.7 Å². The molecule has 2 aromatic carbocycles. The van der Waals surface area contributed by atoms with Gasteiger partial charge in [-0.2, -0.15) is 0 Å². The number of ether oxygens (including phenoxy) is 2. The zero-order valence-electron chi connectivity index (χ0n) is 39.7. The highest BCUT2D eigenvalue weighted by atomic mass is 16.5. The van der Waals surface area contributed by atoms with E-state index in [1.54, 1.807) is 38.0 Å². The maximum atomic E-state index is 14.4. The first-order valence-electron chi connectivity index (χ1n) is 22.4. The number of carbonyl (C=O) groups is 5. The largest absolute Gasteiger partial charge is 0.388 e. The van der Waals surface area contributed by atoms with E-state index in [9.17, 15) is 24.0 Å². The molecule has 14 heteroatoms. The SMILES string of the molecule is CC[C@H](C)[C@@H]([C@@H](CC(=O)N1CCC[C@H]1[C@H](OC)[C@@H](C)C(=O)N[C@H](Cc1ccccc1)C(=O)NCc1ccc(NC)cc1)OC)N(C)C(=O)[C@@H](NC(=O)[C@H](C(C)C)N(C)C)C(C)C. The van der Waals surface area contributed by atoms with Crippen molar-refractivity contribution in [2.45, 2.75) is 130 Å². The van der Waals surface area contributed by atoms with Gasteiger partial charge < -0.3 is 40.5 Å². The predicted octanol–water partition coefficient (Wildman–Crippen LogP) is 4.72. The second-order valence-electron chi connectivity index (χ2n) is 17.9. The third-order valence-electron chi connectivity index (χ3n) is 12.6. The first kappa shape index (κ1) is 51.8. The summed E-state index contributed by atoms with van der Waals surface area (Å²) in [6.45, 7) is 14.4. The van der Waals surface area contributed by atoms with Crippen molar-refractivity contribution in [3.8, 4) is 0 Å². The molecule has 0 unspecified atom stereocenters. The highest BCUT2D eigenvalue weighted by Crippen LogP contribution is 2.30. The molecule has 1 aliphatic rings. The molecule has 4 N–H and O–H groups in total. The molecule has 5 amide bonds. The highest BCUT2D eigenvalue weighted by Gasteiger charge is 2.43. The molecule has 1 heterocycles. The van der Waals surface area contributed by atoms with Crippen molar-refractivity contribution < 1.29 is 33.4 Å². The molecule has 1 saturated heterocycles. The Labute approximate surface area is 371 Å². The van der Waals surface area contributed by atoms with Gasteiger partial charge in [0.2, 0.25) is 29.5 Å². The molecule has 0 aliphatic carbocycles. The average molecular weight is 864 g/mol. The fourth-order valence-electron chi connectivity index (χ4n) is 8.88. The van der Waals surface area contributed by atoms with Gasteiger partial charge in [0.25, 0.3) is 0 Å². The maximum absolute atomic E-state index is 14.4. The van der Waals surface area contributed by atoms with Gasteiger partial charge in [0.1, 0.15) is 12.1 Å². The summed E-state index contributed by atoms with van der Waals surface area (Å²) in [4.78, 5) is 75.3. The van der Waals surface area contributed by atoms with Gasteiger partial charge in [-0.15, -0.1) is 0 Å². The van der Waals surface area contributed by atoms with Gasteiger partial charge in [0.15, 0.2) is 0 Å². The molecule has 1 fully saturated rings. The molecule has 62 heavy (non-hydrogen) atoms. The van der Waals surface area contributed by atoms with E-state index in [0.717, 1.165) is 29.7 Å². The Bertz CT molecular complexity index is 1720. The van der Waals surface area contributed by atoms with Crippen LogP contribution in [-0.4, -0.2) is 136 Å². The number of rotatable bonds is 24. The number of carbonyl (C=O) groups excluding carboxylic acids is 5. The molecular formula is C48H77N7O7. The predicted molar refractivity (Wildman–Crippen MR) is 245 cm³/mol. The molecule has 14 nitrogen and oxygen atoms in total. The molecule has 1 aliphatic heterocycles. The molecule has 0 bridgehead atoms. The summed E-state index contributed by atoms with van der Waals surface area (Å²) in [5.41, 5.74) is 2.79. The zero-order chi connectivity index (χ0) is 46.3. The van der Waals surface area contributed by atoms with Crippen molar-refractivity contribution in [2.75, 3.05) is 54.3 Å². The maximum Gasteiger partial charge on any atom is 0.245 e. The average Bonchev–Trinajstić information content (AvgIpc) is 3.73. The molecular weight excluding hydrogens is 787 g/mol. The summed E-state index contributed by atoms with van der Waals surface area (Å²) in [7, 11) is 10.4. The molecule has 0 radical (unpaired) electrons. The van der Waals surface area contributed by atoms with Crippen LogP contribution in [0.3, 0.4) is 0 Å². The Kier molecular flexibility index (Phi) is 20.8. The quantitative estimate of drug-likeness (QED) is 0.117. The lowest BCUT2D eigenvalue weighted by atomic mass is 9.89. The molecule has 2 aromatic rings. The molecule has 0 saturated carbocycles. The van der Waals surface area contributed by atoms with Crippen LogP contribution >= 0.6 is 0 Å². The number of nitrogens with one attached hydrogen (secondary N) is 4. The standard InChI is InChI=1S/C48H77N7O7/c1-14-32(6)43(54(11)48(60)41(30(2)3)52-47(59)42(31(4)5)53(9)10)39(61-12)28-40(56)55-26-18-21-38(55)44(62-13)33(7)45(57)51-37(27-34-19-16-15-17-20-34)46(58)50-29-35-22-24-36(49-8)25-23-35/h15-17,19-20,22-25,30-33,37-39,41-44,49H,14,18,21,26-29H2,1-13H3,(H,50,58)(H,51,57)(H,52,59)/t32-,33+,37+,38-,39+,41-,42-,43-,44+/m0/s1. The Hall–Kier alpha value is -4.53. The van der Waals surface area contributed by atoms with Crippen molar-refractivity contribution >= 4 is 35.2 Å². The molecule has 0 spiro atoms. The smallest absolute Gasteiger partial charge is 0.245 e. The van der Waals surface area contributed by atoms with E-state index in [4.69, 9.17) is 9.47 Å². The lowest BCUT2D eigenvalue weighted by Gasteiger charge is -2.41. The van der Waals surface area contributed by atoms with Crippen molar-refractivity contribution in [1.29, 1.82) is 0 Å². The van der Waals surface area contributed by atoms with Crippen LogP contribution in [0.1, 0.15) is 85.3 Å². The number of hydrogen-bond donors (Lipinski definition) is 4. The third kappa shape index (κ3) is 14.0. The molecule has 0 aromatic heterocycles. The van der Waals surface area contributed by atoms with Crippen LogP contribution in [0.15, 0.2) is 54.6 Å². The number of likely N-dealkylation sites (N-methyl/N-ethyl adjacent to an activating group) is 2. The Morgan fingerprint density at radius 1 is 0.806 bits per heavy atom. The van der Waals surface area contributed by atoms with Crippen LogP contribution in [0, 0.1) is 23.7 Å². The van der Waals surface area contributed by atoms with Gasteiger partial charge in [0, 0.05) is 53.5 Å². The summed E-state index contributed by atoms with van der Waals surface area (Å²) in [6.07, 6.45) is 1.07. The number of hydrogen-bond acceptors (Lipinski definition) is 9. The molecule has 9 atom stereocenters. The normalized spacial score (nSPS) is 18.0. The Morgan fingerprint density at radius 3 is 1.98 bits per heavy atom. The van der Waals surface area contributed by atoms with Crippen molar-refractivity contribution in [3.63, 3.8) is 0 Å². The van der Waals surface area contributed by atoms with Crippen molar-refractivity contribution in [1.82, 2.24) is 30.7 Å². The third-order valence-corrected chi connectivity index (χ3v) is 12.6. The minimum absolute atomic E-state index is 0.00238. The van der Waals surface area contributed by atoms with E-state index >= 15 is 0 Å². The van der Waals surface area contributed by atoms with E-state index in [1.165, 1.54) is 0 Å². The zero-order valence-corrected chi connectivity index (χ0v) is 39.7. The van der Waals surface area contributed by atoms with E-state index in [-0.39, 0.29) is 53.7 Å². The number of likely N-dealkylation sites (tertiary alicyclic amines) is 1. The lowest BCUT2D eigenvalue weighted by molar-refractivity contribution is -0.148. The van der Waals surface area contributed by atoms with Crippen molar-refractivity contribution in [3.05, 3.63) is 65.7 Å². The topological polar surface area (TPSA) is 162 Å². The van der Waals surface area contributed by atoms with Crippen molar-refractivity contribution in [2.24, 2.45) is 23.7 Å². The minimum atomic E-state index is -0.851. The number of anilines is 1. The fraction of sp³-hybridized carbons (Fsp3) is 0.646. The first-order valence-corrected chi connectivity index (χ1v) is 22.4. The second kappa shape index (κ2) is 24.9. The van der Waals surface area contributed by atoms with Gasteiger partial charge >= 0.3 is 0 Å². The van der Waals surface area contributed by atoms with Crippen LogP contribution in [0.25, 0.3) is 0 Å². The first-order chi connectivity index (χ1) is 29.4. The summed E-state index contributed by atoms with van der Waals surface area (Å²) >= 11 is 0. The monoisotopic (exact) mass is 864 g/mol. The van der Waals surface area contributed by atoms with Gasteiger partial charge in [-0.25, -0.2) is 0 Å². The van der Waals surface area contributed by atoms with E-state index < -0.39 is 48.3 Å². The minimum Gasteiger partial charge on any atom is -0.388 e. The van der Waals surface area contributed by atoms with Gasteiger partial charge in [-0.1, -0.05) is 97.4 Å². The number of nitrogens with zero attached hydrogens (tertiary/aromatic N) is 3. The second-order valence-corrected chi connectivity index (χ2v) is 17.9. The number of amides is 5. The van der Waals surface area contributed by atoms with Gasteiger partial charge in [-0.3, -0.25) is 28.9 Å². The van der Waals surface area contributed by atoms with Crippen LogP contribution < -0.4 is 21.3 Å². The summed E-state index contributed by atoms with van der Waals surface area (Å²) in [5.74, 6) is -2.17. The van der Waals surface area contributed by atoms with E-state index in [1.807, 2.05) is 122 Å². The summed E-state index contributed by atoms with van der Waals surface area (Å²) < 4.78 is 12.1. The molecule has 346 valence electrons. The number of benzene rings is 2.